The maximum absolute atomic E-state index is 13.7. The second-order valence-corrected chi connectivity index (χ2v) is 6.33. The average molecular weight is 270 g/mol. The summed E-state index contributed by atoms with van der Waals surface area (Å²) in [6.07, 6.45) is 7.50. The fourth-order valence-corrected chi connectivity index (χ4v) is 2.81. The van der Waals surface area contributed by atoms with E-state index in [0.717, 1.165) is 25.7 Å². The lowest BCUT2D eigenvalue weighted by molar-refractivity contribution is -0.119. The Bertz CT molecular complexity index is 322. The topological polar surface area (TPSA) is 37.3 Å². The number of aliphatic hydroxyl groups is 1. The zero-order chi connectivity index (χ0) is 14.5. The van der Waals surface area contributed by atoms with Gasteiger partial charge in [-0.1, -0.05) is 26.2 Å². The monoisotopic (exact) mass is 270 g/mol. The zero-order valence-electron chi connectivity index (χ0n) is 12.4. The lowest BCUT2D eigenvalue weighted by Crippen LogP contribution is -2.21. The van der Waals surface area contributed by atoms with Gasteiger partial charge in [0.15, 0.2) is 5.78 Å². The summed E-state index contributed by atoms with van der Waals surface area (Å²) in [5.74, 6) is -0.115. The summed E-state index contributed by atoms with van der Waals surface area (Å²) in [6, 6.07) is 0. The molecule has 0 aromatic rings. The molecule has 0 aliphatic heterocycles. The molecule has 110 valence electrons. The van der Waals surface area contributed by atoms with Crippen molar-refractivity contribution < 1.29 is 14.3 Å². The number of ketones is 1. The van der Waals surface area contributed by atoms with Crippen LogP contribution in [-0.2, 0) is 4.79 Å². The first-order valence-corrected chi connectivity index (χ1v) is 7.47. The van der Waals surface area contributed by atoms with Crippen molar-refractivity contribution in [2.45, 2.75) is 71.4 Å². The Morgan fingerprint density at radius 3 is 2.42 bits per heavy atom. The highest BCUT2D eigenvalue weighted by Crippen LogP contribution is 2.29. The van der Waals surface area contributed by atoms with E-state index in [1.807, 2.05) is 6.92 Å². The Balaban J connectivity index is 2.64. The van der Waals surface area contributed by atoms with E-state index in [1.54, 1.807) is 0 Å². The SMILES string of the molecule is CCC(CC(C)(C)F)C(O)=CC(=O)C1CCCCC1. The second-order valence-electron chi connectivity index (χ2n) is 6.33. The fraction of sp³-hybridized carbons (Fsp3) is 0.812. The highest BCUT2D eigenvalue weighted by molar-refractivity contribution is 5.92. The molecular weight excluding hydrogens is 243 g/mol. The van der Waals surface area contributed by atoms with E-state index in [2.05, 4.69) is 0 Å². The van der Waals surface area contributed by atoms with E-state index in [-0.39, 0.29) is 29.8 Å². The van der Waals surface area contributed by atoms with Gasteiger partial charge in [0.1, 0.15) is 5.67 Å². The summed E-state index contributed by atoms with van der Waals surface area (Å²) in [6.45, 7) is 4.92. The third-order valence-corrected chi connectivity index (χ3v) is 3.94. The molecular formula is C16H27FO2. The molecule has 0 amide bonds. The van der Waals surface area contributed by atoms with Gasteiger partial charge in [-0.05, 0) is 39.5 Å². The van der Waals surface area contributed by atoms with E-state index < -0.39 is 5.67 Å². The minimum absolute atomic E-state index is 0.0207. The third kappa shape index (κ3) is 5.75. The van der Waals surface area contributed by atoms with E-state index in [4.69, 9.17) is 0 Å². The van der Waals surface area contributed by atoms with Crippen LogP contribution in [0.2, 0.25) is 0 Å². The maximum atomic E-state index is 13.7. The van der Waals surface area contributed by atoms with Crippen molar-refractivity contribution in [1.82, 2.24) is 0 Å². The summed E-state index contributed by atoms with van der Waals surface area (Å²) in [4.78, 5) is 12.1. The number of halogens is 1. The van der Waals surface area contributed by atoms with Gasteiger partial charge in [0, 0.05) is 17.9 Å². The smallest absolute Gasteiger partial charge is 0.162 e. The first kappa shape index (κ1) is 16.2. The Kier molecular flexibility index (Phi) is 6.02. The normalized spacial score (nSPS) is 20.3. The third-order valence-electron chi connectivity index (χ3n) is 3.94. The van der Waals surface area contributed by atoms with E-state index in [1.165, 1.54) is 26.3 Å². The average Bonchev–Trinajstić information content (AvgIpc) is 2.35. The van der Waals surface area contributed by atoms with Crippen molar-refractivity contribution in [2.75, 3.05) is 0 Å². The molecule has 1 aliphatic rings. The first-order valence-electron chi connectivity index (χ1n) is 7.47. The quantitative estimate of drug-likeness (QED) is 0.559. The van der Waals surface area contributed by atoms with Gasteiger partial charge in [0.05, 0.1) is 5.76 Å². The standard InChI is InChI=1S/C16H27FO2/c1-4-12(11-16(2,3)17)14(18)10-15(19)13-8-6-5-7-9-13/h10,12-13,18H,4-9,11H2,1-3H3. The molecule has 1 fully saturated rings. The second kappa shape index (κ2) is 7.06. The molecule has 19 heavy (non-hydrogen) atoms. The number of carbonyl (C=O) groups excluding carboxylic acids is 1. The number of alkyl halides is 1. The molecule has 1 N–H and O–H groups in total. The van der Waals surface area contributed by atoms with Crippen LogP contribution in [0.25, 0.3) is 0 Å². The van der Waals surface area contributed by atoms with Gasteiger partial charge in [-0.3, -0.25) is 4.79 Å². The van der Waals surface area contributed by atoms with Crippen LogP contribution in [0.15, 0.2) is 11.8 Å². The van der Waals surface area contributed by atoms with Crippen molar-refractivity contribution in [1.29, 1.82) is 0 Å². The predicted molar refractivity (Wildman–Crippen MR) is 75.9 cm³/mol. The van der Waals surface area contributed by atoms with Gasteiger partial charge in [-0.2, -0.15) is 0 Å². The zero-order valence-corrected chi connectivity index (χ0v) is 12.4. The summed E-state index contributed by atoms with van der Waals surface area (Å²) >= 11 is 0. The number of hydrogen-bond donors (Lipinski definition) is 1. The Labute approximate surface area is 116 Å². The number of hydrogen-bond acceptors (Lipinski definition) is 2. The fourth-order valence-electron chi connectivity index (χ4n) is 2.81. The Hall–Kier alpha value is -0.860. The predicted octanol–water partition coefficient (Wildman–Crippen LogP) is 4.74. The largest absolute Gasteiger partial charge is 0.512 e. The van der Waals surface area contributed by atoms with Crippen molar-refractivity contribution in [3.05, 3.63) is 11.8 Å². The molecule has 0 aromatic heterocycles. The summed E-state index contributed by atoms with van der Waals surface area (Å²) in [7, 11) is 0. The van der Waals surface area contributed by atoms with Crippen LogP contribution in [0.1, 0.15) is 65.7 Å². The molecule has 0 saturated heterocycles. The van der Waals surface area contributed by atoms with Crippen LogP contribution < -0.4 is 0 Å². The summed E-state index contributed by atoms with van der Waals surface area (Å²) < 4.78 is 13.7. The van der Waals surface area contributed by atoms with Crippen LogP contribution in [0.3, 0.4) is 0 Å². The maximum Gasteiger partial charge on any atom is 0.162 e. The van der Waals surface area contributed by atoms with Gasteiger partial charge >= 0.3 is 0 Å². The van der Waals surface area contributed by atoms with E-state index in [9.17, 15) is 14.3 Å². The number of aliphatic hydroxyl groups excluding tert-OH is 1. The molecule has 0 radical (unpaired) electrons. The van der Waals surface area contributed by atoms with Crippen LogP contribution in [0, 0.1) is 11.8 Å². The molecule has 1 atom stereocenters. The van der Waals surface area contributed by atoms with Crippen LogP contribution >= 0.6 is 0 Å². The summed E-state index contributed by atoms with van der Waals surface area (Å²) in [5.41, 5.74) is -1.32. The highest BCUT2D eigenvalue weighted by atomic mass is 19.1. The number of rotatable bonds is 6. The Morgan fingerprint density at radius 2 is 1.95 bits per heavy atom. The van der Waals surface area contributed by atoms with Crippen LogP contribution in [0.5, 0.6) is 0 Å². The molecule has 1 unspecified atom stereocenters. The molecule has 0 aromatic carbocycles. The first-order chi connectivity index (χ1) is 8.83. The molecule has 2 nitrogen and oxygen atoms in total. The van der Waals surface area contributed by atoms with E-state index >= 15 is 0 Å². The molecule has 1 aliphatic carbocycles. The van der Waals surface area contributed by atoms with Crippen molar-refractivity contribution >= 4 is 5.78 Å². The van der Waals surface area contributed by atoms with Crippen molar-refractivity contribution in [3.8, 4) is 0 Å². The van der Waals surface area contributed by atoms with Crippen LogP contribution in [0.4, 0.5) is 4.39 Å². The molecule has 3 heteroatoms. The van der Waals surface area contributed by atoms with Crippen molar-refractivity contribution in [3.63, 3.8) is 0 Å². The highest BCUT2D eigenvalue weighted by Gasteiger charge is 2.26. The molecule has 0 heterocycles. The number of carbonyl (C=O) groups is 1. The van der Waals surface area contributed by atoms with Gasteiger partial charge < -0.3 is 5.11 Å². The lowest BCUT2D eigenvalue weighted by Gasteiger charge is -2.22. The Morgan fingerprint density at radius 1 is 1.37 bits per heavy atom. The molecule has 1 saturated carbocycles. The van der Waals surface area contributed by atoms with Crippen LogP contribution in [-0.4, -0.2) is 16.6 Å². The number of allylic oxidation sites excluding steroid dienone is 2. The lowest BCUT2D eigenvalue weighted by atomic mass is 9.84. The molecule has 1 rings (SSSR count). The minimum atomic E-state index is -1.32. The van der Waals surface area contributed by atoms with Gasteiger partial charge in [-0.15, -0.1) is 0 Å². The molecule has 0 bridgehead atoms. The van der Waals surface area contributed by atoms with Crippen molar-refractivity contribution in [2.24, 2.45) is 11.8 Å². The van der Waals surface area contributed by atoms with Gasteiger partial charge in [-0.25, -0.2) is 4.39 Å². The summed E-state index contributed by atoms with van der Waals surface area (Å²) in [5, 5.41) is 10.0. The van der Waals surface area contributed by atoms with Gasteiger partial charge in [0.25, 0.3) is 0 Å². The minimum Gasteiger partial charge on any atom is -0.512 e. The molecule has 0 spiro atoms. The van der Waals surface area contributed by atoms with E-state index in [0.29, 0.717) is 6.42 Å². The van der Waals surface area contributed by atoms with Gasteiger partial charge in [0.2, 0.25) is 0 Å².